The third-order valence-corrected chi connectivity index (χ3v) is 7.11. The zero-order chi connectivity index (χ0) is 22.6. The molecule has 0 unspecified atom stereocenters. The highest BCUT2D eigenvalue weighted by atomic mass is 32.2. The average molecular weight is 440 g/mol. The lowest BCUT2D eigenvalue weighted by Crippen LogP contribution is -2.37. The van der Waals surface area contributed by atoms with Crippen molar-refractivity contribution in [3.05, 3.63) is 83.7 Å². The Labute approximate surface area is 184 Å². The molecule has 3 rings (SSSR count). The van der Waals surface area contributed by atoms with Crippen molar-refractivity contribution < 1.29 is 13.2 Å². The van der Waals surface area contributed by atoms with E-state index < -0.39 is 10.0 Å². The quantitative estimate of drug-likeness (QED) is 0.565. The Hall–Kier alpha value is -2.90. The first-order chi connectivity index (χ1) is 14.7. The number of amides is 1. The van der Waals surface area contributed by atoms with E-state index in [1.165, 1.54) is 28.9 Å². The van der Waals surface area contributed by atoms with Crippen molar-refractivity contribution in [2.45, 2.75) is 51.7 Å². The molecule has 0 bridgehead atoms. The van der Waals surface area contributed by atoms with Gasteiger partial charge in [0.2, 0.25) is 15.9 Å². The number of rotatable bonds is 8. The first kappa shape index (κ1) is 22.8. The van der Waals surface area contributed by atoms with Crippen LogP contribution in [0.4, 0.5) is 5.69 Å². The lowest BCUT2D eigenvalue weighted by atomic mass is 10.1. The highest BCUT2D eigenvalue weighted by Crippen LogP contribution is 2.23. The van der Waals surface area contributed by atoms with Crippen LogP contribution in [0.25, 0.3) is 0 Å². The molecule has 7 heteroatoms. The Bertz CT molecular complexity index is 1130. The van der Waals surface area contributed by atoms with Gasteiger partial charge in [0, 0.05) is 37.1 Å². The second-order valence-electron chi connectivity index (χ2n) is 7.96. The van der Waals surface area contributed by atoms with E-state index in [0.29, 0.717) is 12.2 Å². The smallest absolute Gasteiger partial charge is 0.243 e. The number of carbonyl (C=O) groups is 1. The minimum atomic E-state index is -3.71. The topological polar surface area (TPSA) is 71.4 Å². The fourth-order valence-electron chi connectivity index (χ4n) is 3.39. The molecule has 1 aromatic heterocycles. The number of anilines is 1. The molecule has 1 heterocycles. The molecule has 0 aliphatic rings. The Balaban J connectivity index is 1.84. The first-order valence-electron chi connectivity index (χ1n) is 10.3. The molecule has 0 radical (unpaired) electrons. The molecule has 0 aliphatic carbocycles. The highest BCUT2D eigenvalue weighted by Gasteiger charge is 2.28. The summed E-state index contributed by atoms with van der Waals surface area (Å²) in [7, 11) is -3.71. The van der Waals surface area contributed by atoms with Crippen LogP contribution in [-0.4, -0.2) is 29.2 Å². The van der Waals surface area contributed by atoms with Crippen molar-refractivity contribution in [1.29, 1.82) is 0 Å². The van der Waals surface area contributed by atoms with Crippen molar-refractivity contribution in [3.63, 3.8) is 0 Å². The molecule has 31 heavy (non-hydrogen) atoms. The maximum Gasteiger partial charge on any atom is 0.243 e. The molecule has 0 saturated carbocycles. The SMILES string of the molecule is CC(=O)Nc1ccc(S(=O)(=O)N(Cc2cccn2Cc2ccc(C)cc2)C(C)C)cc1. The summed E-state index contributed by atoms with van der Waals surface area (Å²) in [5.41, 5.74) is 3.86. The lowest BCUT2D eigenvalue weighted by Gasteiger charge is -2.26. The van der Waals surface area contributed by atoms with Gasteiger partial charge in [-0.25, -0.2) is 8.42 Å². The van der Waals surface area contributed by atoms with E-state index in [1.54, 1.807) is 12.1 Å². The molecule has 6 nitrogen and oxygen atoms in total. The molecular formula is C24H29N3O3S. The first-order valence-corrected chi connectivity index (χ1v) is 11.7. The number of sulfonamides is 1. The molecule has 0 saturated heterocycles. The largest absolute Gasteiger partial charge is 0.346 e. The summed E-state index contributed by atoms with van der Waals surface area (Å²) in [6, 6.07) is 18.3. The summed E-state index contributed by atoms with van der Waals surface area (Å²) in [6.07, 6.45) is 1.97. The number of aryl methyl sites for hydroxylation is 1. The van der Waals surface area contributed by atoms with Gasteiger partial charge < -0.3 is 9.88 Å². The summed E-state index contributed by atoms with van der Waals surface area (Å²) in [6.45, 7) is 8.16. The van der Waals surface area contributed by atoms with Crippen molar-refractivity contribution in [2.24, 2.45) is 0 Å². The third-order valence-electron chi connectivity index (χ3n) is 5.07. The van der Waals surface area contributed by atoms with Gasteiger partial charge in [-0.05, 0) is 62.7 Å². The molecule has 1 amide bonds. The standard InChI is InChI=1S/C24H29N3O3S/c1-18(2)27(31(29,30)24-13-11-22(12-14-24)25-20(4)28)17-23-6-5-15-26(23)16-21-9-7-19(3)8-10-21/h5-15,18H,16-17H2,1-4H3,(H,25,28). The van der Waals surface area contributed by atoms with Crippen LogP contribution in [0.3, 0.4) is 0 Å². The van der Waals surface area contributed by atoms with Crippen LogP contribution in [-0.2, 0) is 27.9 Å². The van der Waals surface area contributed by atoms with E-state index in [2.05, 4.69) is 41.1 Å². The number of benzene rings is 2. The predicted octanol–water partition coefficient (Wildman–Crippen LogP) is 4.40. The van der Waals surface area contributed by atoms with Gasteiger partial charge in [0.05, 0.1) is 11.4 Å². The minimum absolute atomic E-state index is 0.200. The van der Waals surface area contributed by atoms with Crippen LogP contribution in [0.15, 0.2) is 71.8 Å². The summed E-state index contributed by atoms with van der Waals surface area (Å²) >= 11 is 0. The number of nitrogens with zero attached hydrogens (tertiary/aromatic N) is 2. The van der Waals surface area contributed by atoms with Crippen molar-refractivity contribution >= 4 is 21.6 Å². The number of nitrogens with one attached hydrogen (secondary N) is 1. The molecule has 1 N–H and O–H groups in total. The van der Waals surface area contributed by atoms with Gasteiger partial charge in [-0.2, -0.15) is 4.31 Å². The molecular weight excluding hydrogens is 410 g/mol. The minimum Gasteiger partial charge on any atom is -0.346 e. The third kappa shape index (κ3) is 5.62. The highest BCUT2D eigenvalue weighted by molar-refractivity contribution is 7.89. The van der Waals surface area contributed by atoms with E-state index in [-0.39, 0.29) is 23.4 Å². The van der Waals surface area contributed by atoms with Gasteiger partial charge >= 0.3 is 0 Å². The number of aromatic nitrogens is 1. The van der Waals surface area contributed by atoms with Crippen LogP contribution in [0.1, 0.15) is 37.6 Å². The van der Waals surface area contributed by atoms with Crippen molar-refractivity contribution in [2.75, 3.05) is 5.32 Å². The second kappa shape index (κ2) is 9.49. The van der Waals surface area contributed by atoms with E-state index in [4.69, 9.17) is 0 Å². The summed E-state index contributed by atoms with van der Waals surface area (Å²) in [4.78, 5) is 11.4. The van der Waals surface area contributed by atoms with Crippen LogP contribution in [0, 0.1) is 6.92 Å². The van der Waals surface area contributed by atoms with E-state index in [9.17, 15) is 13.2 Å². The molecule has 0 aliphatic heterocycles. The second-order valence-corrected chi connectivity index (χ2v) is 9.85. The van der Waals surface area contributed by atoms with Gasteiger partial charge in [0.25, 0.3) is 0 Å². The summed E-state index contributed by atoms with van der Waals surface area (Å²) < 4.78 is 30.3. The molecule has 0 atom stereocenters. The number of hydrogen-bond acceptors (Lipinski definition) is 3. The van der Waals surface area contributed by atoms with E-state index >= 15 is 0 Å². The predicted molar refractivity (Wildman–Crippen MR) is 123 cm³/mol. The van der Waals surface area contributed by atoms with E-state index in [0.717, 1.165) is 11.3 Å². The van der Waals surface area contributed by atoms with Gasteiger partial charge in [0.1, 0.15) is 0 Å². The van der Waals surface area contributed by atoms with E-state index in [1.807, 2.05) is 32.2 Å². The molecule has 164 valence electrons. The Morgan fingerprint density at radius 3 is 2.26 bits per heavy atom. The summed E-state index contributed by atoms with van der Waals surface area (Å²) in [5, 5.41) is 2.66. The van der Waals surface area contributed by atoms with Crippen molar-refractivity contribution in [3.8, 4) is 0 Å². The van der Waals surface area contributed by atoms with Gasteiger partial charge in [-0.3, -0.25) is 4.79 Å². The zero-order valence-electron chi connectivity index (χ0n) is 18.4. The van der Waals surface area contributed by atoms with Crippen LogP contribution >= 0.6 is 0 Å². The van der Waals surface area contributed by atoms with Crippen molar-refractivity contribution in [1.82, 2.24) is 8.87 Å². The summed E-state index contributed by atoms with van der Waals surface area (Å²) in [5.74, 6) is -0.200. The van der Waals surface area contributed by atoms with Crippen LogP contribution < -0.4 is 5.32 Å². The normalized spacial score (nSPS) is 11.8. The average Bonchev–Trinajstić information content (AvgIpc) is 3.14. The number of hydrogen-bond donors (Lipinski definition) is 1. The molecule has 0 spiro atoms. The van der Waals surface area contributed by atoms with Gasteiger partial charge in [0.15, 0.2) is 0 Å². The molecule has 3 aromatic rings. The van der Waals surface area contributed by atoms with Crippen LogP contribution in [0.5, 0.6) is 0 Å². The number of carbonyl (C=O) groups excluding carboxylic acids is 1. The van der Waals surface area contributed by atoms with Gasteiger partial charge in [-0.15, -0.1) is 0 Å². The Morgan fingerprint density at radius 1 is 1.03 bits per heavy atom. The fraction of sp³-hybridized carbons (Fsp3) is 0.292. The lowest BCUT2D eigenvalue weighted by molar-refractivity contribution is -0.114. The molecule has 0 fully saturated rings. The monoisotopic (exact) mass is 439 g/mol. The maximum absolute atomic E-state index is 13.4. The fourth-order valence-corrected chi connectivity index (χ4v) is 5.00. The zero-order valence-corrected chi connectivity index (χ0v) is 19.2. The Kier molecular flexibility index (Phi) is 6.97. The molecule has 2 aromatic carbocycles. The van der Waals surface area contributed by atoms with Gasteiger partial charge in [-0.1, -0.05) is 29.8 Å². The maximum atomic E-state index is 13.4. The Morgan fingerprint density at radius 2 is 1.68 bits per heavy atom. The van der Waals surface area contributed by atoms with Crippen LogP contribution in [0.2, 0.25) is 0 Å².